The summed E-state index contributed by atoms with van der Waals surface area (Å²) in [7, 11) is 0. The van der Waals surface area contributed by atoms with E-state index in [0.717, 1.165) is 11.8 Å². The fourth-order valence-electron chi connectivity index (χ4n) is 0.989. The molecule has 0 fully saturated rings. The molecule has 2 N–H and O–H groups in total. The van der Waals surface area contributed by atoms with E-state index in [1.807, 2.05) is 5.40 Å². The molecule has 2 heterocycles. The molecule has 0 radical (unpaired) electrons. The molecule has 2 rings (SSSR count). The molecule has 0 aliphatic rings. The fraction of sp³-hybridized carbons (Fsp3) is 0. The number of thioether (sulfide) groups is 1. The SMILES string of the molecule is N#CSc1cc2nccc(N)n2n1. The number of fused-ring (bicyclic) bond motifs is 1. The highest BCUT2D eigenvalue weighted by Gasteiger charge is 2.03. The van der Waals surface area contributed by atoms with Crippen molar-refractivity contribution in [1.29, 1.82) is 5.26 Å². The van der Waals surface area contributed by atoms with Gasteiger partial charge in [0, 0.05) is 24.0 Å². The first-order chi connectivity index (χ1) is 6.31. The van der Waals surface area contributed by atoms with Gasteiger partial charge in [0.15, 0.2) is 5.65 Å². The van der Waals surface area contributed by atoms with Gasteiger partial charge in [0.05, 0.1) is 0 Å². The average molecular weight is 191 g/mol. The van der Waals surface area contributed by atoms with Gasteiger partial charge in [-0.05, 0) is 6.07 Å². The van der Waals surface area contributed by atoms with Gasteiger partial charge >= 0.3 is 0 Å². The summed E-state index contributed by atoms with van der Waals surface area (Å²) in [6.07, 6.45) is 1.60. The van der Waals surface area contributed by atoms with Crippen molar-refractivity contribution in [3.63, 3.8) is 0 Å². The fourth-order valence-corrected chi connectivity index (χ4v) is 1.37. The van der Waals surface area contributed by atoms with Crippen LogP contribution in [0.1, 0.15) is 0 Å². The Balaban J connectivity index is 2.63. The lowest BCUT2D eigenvalue weighted by Gasteiger charge is -1.94. The Morgan fingerprint density at radius 3 is 3.15 bits per heavy atom. The van der Waals surface area contributed by atoms with Crippen molar-refractivity contribution in [3.05, 3.63) is 18.3 Å². The van der Waals surface area contributed by atoms with Crippen LogP contribution in [0.15, 0.2) is 23.4 Å². The lowest BCUT2D eigenvalue weighted by Crippen LogP contribution is -1.98. The Kier molecular flexibility index (Phi) is 1.79. The summed E-state index contributed by atoms with van der Waals surface area (Å²) in [6.45, 7) is 0. The molecule has 0 spiro atoms. The number of nitrogens with two attached hydrogens (primary N) is 1. The molecular formula is C7H5N5S. The molecule has 5 nitrogen and oxygen atoms in total. The van der Waals surface area contributed by atoms with E-state index in [0.29, 0.717) is 16.5 Å². The molecule has 0 aromatic carbocycles. The lowest BCUT2D eigenvalue weighted by atomic mass is 10.6. The molecule has 2 aromatic heterocycles. The molecule has 0 atom stereocenters. The summed E-state index contributed by atoms with van der Waals surface area (Å²) in [5.41, 5.74) is 6.28. The molecule has 0 bridgehead atoms. The summed E-state index contributed by atoms with van der Waals surface area (Å²) in [4.78, 5) is 4.04. The van der Waals surface area contributed by atoms with Gasteiger partial charge in [-0.15, -0.1) is 0 Å². The summed E-state index contributed by atoms with van der Waals surface area (Å²) < 4.78 is 1.50. The monoisotopic (exact) mass is 191 g/mol. The largest absolute Gasteiger partial charge is 0.384 e. The standard InChI is InChI=1S/C7H5N5S/c8-4-13-7-3-6-10-2-1-5(9)12(6)11-7/h1-3H,9H2. The first-order valence-electron chi connectivity index (χ1n) is 3.47. The van der Waals surface area contributed by atoms with Gasteiger partial charge in [-0.2, -0.15) is 14.9 Å². The summed E-state index contributed by atoms with van der Waals surface area (Å²) in [6, 6.07) is 3.37. The van der Waals surface area contributed by atoms with Crippen LogP contribution in [0.2, 0.25) is 0 Å². The number of aromatic nitrogens is 3. The van der Waals surface area contributed by atoms with Crippen molar-refractivity contribution in [2.75, 3.05) is 5.73 Å². The maximum atomic E-state index is 8.43. The number of nitrogen functional groups attached to an aromatic ring is 1. The van der Waals surface area contributed by atoms with E-state index >= 15 is 0 Å². The van der Waals surface area contributed by atoms with Gasteiger partial charge in [0.1, 0.15) is 16.2 Å². The van der Waals surface area contributed by atoms with Gasteiger partial charge < -0.3 is 5.73 Å². The summed E-state index contributed by atoms with van der Waals surface area (Å²) in [5.74, 6) is 0.509. The van der Waals surface area contributed by atoms with Crippen LogP contribution in [0, 0.1) is 10.7 Å². The number of thiocyanates is 1. The zero-order valence-corrected chi connectivity index (χ0v) is 7.32. The van der Waals surface area contributed by atoms with E-state index in [4.69, 9.17) is 11.0 Å². The normalized spacial score (nSPS) is 10.1. The van der Waals surface area contributed by atoms with Gasteiger partial charge in [0.25, 0.3) is 0 Å². The van der Waals surface area contributed by atoms with Gasteiger partial charge in [-0.25, -0.2) is 4.98 Å². The minimum Gasteiger partial charge on any atom is -0.384 e. The van der Waals surface area contributed by atoms with Crippen LogP contribution in [-0.4, -0.2) is 14.6 Å². The van der Waals surface area contributed by atoms with Crippen LogP contribution < -0.4 is 5.73 Å². The third-order valence-electron chi connectivity index (χ3n) is 1.52. The lowest BCUT2D eigenvalue weighted by molar-refractivity contribution is 0.900. The average Bonchev–Trinajstić information content (AvgIpc) is 2.49. The Morgan fingerprint density at radius 1 is 1.62 bits per heavy atom. The second-order valence-corrected chi connectivity index (χ2v) is 3.12. The van der Waals surface area contributed by atoms with Gasteiger partial charge in [-0.3, -0.25) is 0 Å². The van der Waals surface area contributed by atoms with E-state index in [-0.39, 0.29) is 0 Å². The summed E-state index contributed by atoms with van der Waals surface area (Å²) in [5, 5.41) is 15.0. The Bertz CT molecular complexity index is 483. The van der Waals surface area contributed by atoms with E-state index < -0.39 is 0 Å². The molecule has 13 heavy (non-hydrogen) atoms. The van der Waals surface area contributed by atoms with Crippen LogP contribution in [0.5, 0.6) is 0 Å². The maximum Gasteiger partial charge on any atom is 0.158 e. The van der Waals surface area contributed by atoms with Gasteiger partial charge in [0.2, 0.25) is 0 Å². The van der Waals surface area contributed by atoms with Crippen LogP contribution in [-0.2, 0) is 0 Å². The van der Waals surface area contributed by atoms with E-state index in [9.17, 15) is 0 Å². The zero-order chi connectivity index (χ0) is 9.26. The van der Waals surface area contributed by atoms with Crippen LogP contribution in [0.4, 0.5) is 5.82 Å². The van der Waals surface area contributed by atoms with Crippen molar-refractivity contribution in [2.24, 2.45) is 0 Å². The van der Waals surface area contributed by atoms with E-state index in [2.05, 4.69) is 10.1 Å². The quantitative estimate of drug-likeness (QED) is 0.534. The third-order valence-corrected chi connectivity index (χ3v) is 2.01. The smallest absolute Gasteiger partial charge is 0.158 e. The maximum absolute atomic E-state index is 8.43. The number of nitriles is 1. The predicted molar refractivity (Wildman–Crippen MR) is 48.9 cm³/mol. The van der Waals surface area contributed by atoms with Crippen molar-refractivity contribution in [3.8, 4) is 5.40 Å². The number of hydrogen-bond donors (Lipinski definition) is 1. The highest BCUT2D eigenvalue weighted by Crippen LogP contribution is 2.17. The molecular weight excluding hydrogens is 186 g/mol. The number of rotatable bonds is 1. The molecule has 2 aromatic rings. The number of hydrogen-bond acceptors (Lipinski definition) is 5. The number of nitrogens with zero attached hydrogens (tertiary/aromatic N) is 4. The third kappa shape index (κ3) is 1.29. The zero-order valence-electron chi connectivity index (χ0n) is 6.51. The first kappa shape index (κ1) is 7.89. The summed E-state index contributed by atoms with van der Waals surface area (Å²) >= 11 is 0.988. The van der Waals surface area contributed by atoms with Crippen molar-refractivity contribution in [1.82, 2.24) is 14.6 Å². The van der Waals surface area contributed by atoms with Crippen molar-refractivity contribution in [2.45, 2.75) is 5.03 Å². The van der Waals surface area contributed by atoms with Crippen LogP contribution >= 0.6 is 11.8 Å². The molecule has 0 aliphatic heterocycles. The second-order valence-electron chi connectivity index (χ2n) is 2.32. The molecule has 6 heteroatoms. The van der Waals surface area contributed by atoms with E-state index in [1.165, 1.54) is 4.52 Å². The highest BCUT2D eigenvalue weighted by atomic mass is 32.2. The van der Waals surface area contributed by atoms with E-state index in [1.54, 1.807) is 18.3 Å². The Labute approximate surface area is 78.2 Å². The predicted octanol–water partition coefficient (Wildman–Crippen LogP) is 0.885. The Morgan fingerprint density at radius 2 is 2.46 bits per heavy atom. The van der Waals surface area contributed by atoms with Crippen molar-refractivity contribution >= 4 is 23.2 Å². The topological polar surface area (TPSA) is 80.0 Å². The van der Waals surface area contributed by atoms with Crippen LogP contribution in [0.25, 0.3) is 5.65 Å². The molecule has 0 amide bonds. The minimum atomic E-state index is 0.509. The first-order valence-corrected chi connectivity index (χ1v) is 4.29. The second kappa shape index (κ2) is 2.95. The highest BCUT2D eigenvalue weighted by molar-refractivity contribution is 8.03. The molecule has 0 saturated carbocycles. The minimum absolute atomic E-state index is 0.509. The molecule has 0 unspecified atom stereocenters. The molecule has 0 saturated heterocycles. The molecule has 64 valence electrons. The Hall–Kier alpha value is -1.74. The van der Waals surface area contributed by atoms with Crippen LogP contribution in [0.3, 0.4) is 0 Å². The van der Waals surface area contributed by atoms with Gasteiger partial charge in [-0.1, -0.05) is 0 Å². The number of anilines is 1. The molecule has 0 aliphatic carbocycles. The van der Waals surface area contributed by atoms with Crippen molar-refractivity contribution < 1.29 is 0 Å².